The number of ether oxygens (including phenoxy) is 1. The standard InChI is InChI=1S/C13H27NO3/c1-12(2,3)17-11(16)9-14-10-13(4,5)7-6-8-15/h14-15H,6-10H2,1-5H3. The van der Waals surface area contributed by atoms with Gasteiger partial charge >= 0.3 is 5.97 Å². The Balaban J connectivity index is 3.79. The fraction of sp³-hybridized carbons (Fsp3) is 0.923. The highest BCUT2D eigenvalue weighted by molar-refractivity contribution is 5.72. The monoisotopic (exact) mass is 245 g/mol. The van der Waals surface area contributed by atoms with Gasteiger partial charge in [0.05, 0.1) is 6.54 Å². The Kier molecular flexibility index (Phi) is 6.72. The third-order valence-corrected chi connectivity index (χ3v) is 2.30. The summed E-state index contributed by atoms with van der Waals surface area (Å²) in [6.45, 7) is 11.0. The molecule has 0 aliphatic carbocycles. The van der Waals surface area contributed by atoms with Gasteiger partial charge in [-0.3, -0.25) is 4.79 Å². The molecule has 0 rings (SSSR count). The van der Waals surface area contributed by atoms with Crippen molar-refractivity contribution in [2.45, 2.75) is 53.1 Å². The second kappa shape index (κ2) is 6.97. The SMILES string of the molecule is CC(C)(CCCO)CNCC(=O)OC(C)(C)C. The number of aliphatic hydroxyl groups is 1. The van der Waals surface area contributed by atoms with Crippen molar-refractivity contribution in [3.63, 3.8) is 0 Å². The zero-order chi connectivity index (χ0) is 13.5. The molecular formula is C13H27NO3. The maximum absolute atomic E-state index is 11.4. The highest BCUT2D eigenvalue weighted by Gasteiger charge is 2.19. The lowest BCUT2D eigenvalue weighted by atomic mass is 9.88. The Bertz CT molecular complexity index is 231. The first kappa shape index (κ1) is 16.4. The molecule has 0 aliphatic heterocycles. The number of hydrogen-bond acceptors (Lipinski definition) is 4. The lowest BCUT2D eigenvalue weighted by Crippen LogP contribution is -2.36. The second-order valence-electron chi connectivity index (χ2n) is 6.18. The van der Waals surface area contributed by atoms with Crippen molar-refractivity contribution in [2.24, 2.45) is 5.41 Å². The quantitative estimate of drug-likeness (QED) is 0.670. The van der Waals surface area contributed by atoms with Crippen LogP contribution in [0.15, 0.2) is 0 Å². The highest BCUT2D eigenvalue weighted by atomic mass is 16.6. The average molecular weight is 245 g/mol. The van der Waals surface area contributed by atoms with Gasteiger partial charge in [0.25, 0.3) is 0 Å². The Labute approximate surface area is 105 Å². The maximum Gasteiger partial charge on any atom is 0.320 e. The van der Waals surface area contributed by atoms with Crippen LogP contribution in [0.3, 0.4) is 0 Å². The average Bonchev–Trinajstić information content (AvgIpc) is 2.11. The predicted molar refractivity (Wildman–Crippen MR) is 68.8 cm³/mol. The van der Waals surface area contributed by atoms with Gasteiger partial charge in [-0.1, -0.05) is 13.8 Å². The number of nitrogens with one attached hydrogen (secondary N) is 1. The van der Waals surface area contributed by atoms with Crippen LogP contribution in [0.2, 0.25) is 0 Å². The molecule has 0 radical (unpaired) electrons. The van der Waals surface area contributed by atoms with E-state index in [0.29, 0.717) is 0 Å². The topological polar surface area (TPSA) is 58.6 Å². The third-order valence-electron chi connectivity index (χ3n) is 2.30. The minimum absolute atomic E-state index is 0.0880. The molecule has 0 aromatic carbocycles. The molecule has 0 aromatic heterocycles. The lowest BCUT2D eigenvalue weighted by Gasteiger charge is -2.25. The fourth-order valence-corrected chi connectivity index (χ4v) is 1.53. The van der Waals surface area contributed by atoms with E-state index < -0.39 is 5.60 Å². The van der Waals surface area contributed by atoms with Gasteiger partial charge in [-0.25, -0.2) is 0 Å². The van der Waals surface area contributed by atoms with E-state index in [9.17, 15) is 4.79 Å². The maximum atomic E-state index is 11.4. The molecule has 0 heterocycles. The van der Waals surface area contributed by atoms with E-state index in [1.54, 1.807) is 0 Å². The molecule has 0 saturated carbocycles. The van der Waals surface area contributed by atoms with Crippen molar-refractivity contribution in [3.8, 4) is 0 Å². The smallest absolute Gasteiger partial charge is 0.320 e. The summed E-state index contributed by atoms with van der Waals surface area (Å²) in [4.78, 5) is 11.4. The number of esters is 1. The van der Waals surface area contributed by atoms with Gasteiger partial charge < -0.3 is 15.2 Å². The van der Waals surface area contributed by atoms with Crippen molar-refractivity contribution in [3.05, 3.63) is 0 Å². The largest absolute Gasteiger partial charge is 0.459 e. The van der Waals surface area contributed by atoms with E-state index in [2.05, 4.69) is 19.2 Å². The van der Waals surface area contributed by atoms with E-state index in [0.717, 1.165) is 19.4 Å². The van der Waals surface area contributed by atoms with Crippen LogP contribution in [0.4, 0.5) is 0 Å². The van der Waals surface area contributed by atoms with Gasteiger partial charge in [-0.15, -0.1) is 0 Å². The number of aliphatic hydroxyl groups excluding tert-OH is 1. The van der Waals surface area contributed by atoms with Crippen LogP contribution in [0, 0.1) is 5.41 Å². The van der Waals surface area contributed by atoms with Crippen molar-refractivity contribution >= 4 is 5.97 Å². The van der Waals surface area contributed by atoms with Gasteiger partial charge in [0, 0.05) is 13.2 Å². The van der Waals surface area contributed by atoms with E-state index in [1.165, 1.54) is 0 Å². The summed E-state index contributed by atoms with van der Waals surface area (Å²) in [5.74, 6) is -0.226. The Morgan fingerprint density at radius 1 is 1.24 bits per heavy atom. The van der Waals surface area contributed by atoms with Gasteiger partial charge in [0.1, 0.15) is 5.60 Å². The summed E-state index contributed by atoms with van der Waals surface area (Å²) < 4.78 is 5.19. The Morgan fingerprint density at radius 2 is 1.82 bits per heavy atom. The fourth-order valence-electron chi connectivity index (χ4n) is 1.53. The van der Waals surface area contributed by atoms with Crippen LogP contribution < -0.4 is 5.32 Å². The van der Waals surface area contributed by atoms with Crippen molar-refractivity contribution in [2.75, 3.05) is 19.7 Å². The molecule has 0 unspecified atom stereocenters. The lowest BCUT2D eigenvalue weighted by molar-refractivity contribution is -0.153. The molecule has 0 aliphatic rings. The molecule has 0 spiro atoms. The van der Waals surface area contributed by atoms with E-state index in [4.69, 9.17) is 9.84 Å². The van der Waals surface area contributed by atoms with E-state index in [-0.39, 0.29) is 24.5 Å². The molecule has 0 amide bonds. The van der Waals surface area contributed by atoms with Gasteiger partial charge in [-0.2, -0.15) is 0 Å². The summed E-state index contributed by atoms with van der Waals surface area (Å²) in [7, 11) is 0. The summed E-state index contributed by atoms with van der Waals surface area (Å²) in [6, 6.07) is 0. The number of carbonyl (C=O) groups is 1. The van der Waals surface area contributed by atoms with Crippen LogP contribution in [-0.2, 0) is 9.53 Å². The van der Waals surface area contributed by atoms with Gasteiger partial charge in [0.15, 0.2) is 0 Å². The van der Waals surface area contributed by atoms with E-state index in [1.807, 2.05) is 20.8 Å². The molecule has 102 valence electrons. The summed E-state index contributed by atoms with van der Waals surface area (Å²) in [5, 5.41) is 11.9. The number of hydrogen-bond donors (Lipinski definition) is 2. The first-order chi connectivity index (χ1) is 7.66. The molecule has 2 N–H and O–H groups in total. The Morgan fingerprint density at radius 3 is 2.29 bits per heavy atom. The van der Waals surface area contributed by atoms with Crippen molar-refractivity contribution in [1.29, 1.82) is 0 Å². The highest BCUT2D eigenvalue weighted by Crippen LogP contribution is 2.20. The van der Waals surface area contributed by atoms with Crippen LogP contribution in [-0.4, -0.2) is 36.4 Å². The molecule has 4 nitrogen and oxygen atoms in total. The van der Waals surface area contributed by atoms with Crippen molar-refractivity contribution < 1.29 is 14.6 Å². The van der Waals surface area contributed by atoms with Crippen LogP contribution >= 0.6 is 0 Å². The predicted octanol–water partition coefficient (Wildman–Crippen LogP) is 1.72. The molecule has 0 bridgehead atoms. The zero-order valence-corrected chi connectivity index (χ0v) is 11.8. The molecule has 4 heteroatoms. The third kappa shape index (κ3) is 10.3. The van der Waals surface area contributed by atoms with Gasteiger partial charge in [-0.05, 0) is 39.0 Å². The molecule has 0 fully saturated rings. The second-order valence-corrected chi connectivity index (χ2v) is 6.18. The summed E-state index contributed by atoms with van der Waals surface area (Å²) in [6.07, 6.45) is 1.73. The normalized spacial score (nSPS) is 12.6. The zero-order valence-electron chi connectivity index (χ0n) is 11.8. The van der Waals surface area contributed by atoms with Crippen LogP contribution in [0.25, 0.3) is 0 Å². The molecular weight excluding hydrogens is 218 g/mol. The first-order valence-electron chi connectivity index (χ1n) is 6.20. The minimum atomic E-state index is -0.425. The van der Waals surface area contributed by atoms with Crippen LogP contribution in [0.1, 0.15) is 47.5 Å². The number of rotatable bonds is 7. The van der Waals surface area contributed by atoms with Gasteiger partial charge in [0.2, 0.25) is 0 Å². The molecule has 17 heavy (non-hydrogen) atoms. The van der Waals surface area contributed by atoms with Crippen molar-refractivity contribution in [1.82, 2.24) is 5.32 Å². The molecule has 0 saturated heterocycles. The number of carbonyl (C=O) groups excluding carboxylic acids is 1. The van der Waals surface area contributed by atoms with Crippen LogP contribution in [0.5, 0.6) is 0 Å². The Hall–Kier alpha value is -0.610. The summed E-state index contributed by atoms with van der Waals surface area (Å²) >= 11 is 0. The molecule has 0 atom stereocenters. The molecule has 0 aromatic rings. The van der Waals surface area contributed by atoms with E-state index >= 15 is 0 Å². The summed E-state index contributed by atoms with van der Waals surface area (Å²) in [5.41, 5.74) is -0.337. The minimum Gasteiger partial charge on any atom is -0.459 e. The first-order valence-corrected chi connectivity index (χ1v) is 6.20.